The molecule has 0 radical (unpaired) electrons. The maximum atomic E-state index is 11.4. The number of thiophene rings is 1. The van der Waals surface area contributed by atoms with Gasteiger partial charge in [-0.05, 0) is 12.5 Å². The molecule has 24 heavy (non-hydrogen) atoms. The molecule has 0 aliphatic heterocycles. The minimum atomic E-state index is -0.540. The first kappa shape index (κ1) is 16.4. The molecule has 2 aromatic heterocycles. The van der Waals surface area contributed by atoms with E-state index in [9.17, 15) is 4.79 Å². The van der Waals surface area contributed by atoms with E-state index in [0.717, 1.165) is 21.3 Å². The van der Waals surface area contributed by atoms with E-state index in [1.165, 1.54) is 11.3 Å². The maximum absolute atomic E-state index is 11.4. The van der Waals surface area contributed by atoms with Crippen LogP contribution in [0.5, 0.6) is 0 Å². The summed E-state index contributed by atoms with van der Waals surface area (Å²) in [6.07, 6.45) is 0. The summed E-state index contributed by atoms with van der Waals surface area (Å²) in [5.74, 6) is 0.718. The molecule has 1 amide bonds. The SMILES string of the molecule is COCc1nc(N[C@@H](C)C(N)=O)c2c(-c3ccccc3)csc2n1. The number of hydrogen-bond acceptors (Lipinski definition) is 6. The number of aromatic nitrogens is 2. The lowest BCUT2D eigenvalue weighted by Crippen LogP contribution is -2.33. The molecule has 2 heterocycles. The van der Waals surface area contributed by atoms with Crippen molar-refractivity contribution in [3.05, 3.63) is 41.5 Å². The third kappa shape index (κ3) is 3.22. The van der Waals surface area contributed by atoms with Crippen molar-refractivity contribution in [1.29, 1.82) is 0 Å². The summed E-state index contributed by atoms with van der Waals surface area (Å²) < 4.78 is 5.14. The van der Waals surface area contributed by atoms with Gasteiger partial charge >= 0.3 is 0 Å². The molecule has 3 N–H and O–H groups in total. The zero-order valence-electron chi connectivity index (χ0n) is 13.4. The minimum absolute atomic E-state index is 0.300. The number of rotatable bonds is 6. The van der Waals surface area contributed by atoms with Gasteiger partial charge < -0.3 is 15.8 Å². The standard InChI is InChI=1S/C17H18N4O2S/c1-10(15(18)22)19-16-14-12(11-6-4-3-5-7-11)9-24-17(14)21-13(20-16)8-23-2/h3-7,9-10H,8H2,1-2H3,(H2,18,22)(H,19,20,21)/t10-/m0/s1. The summed E-state index contributed by atoms with van der Waals surface area (Å²) in [7, 11) is 1.59. The van der Waals surface area contributed by atoms with Crippen LogP contribution in [0.15, 0.2) is 35.7 Å². The van der Waals surface area contributed by atoms with Gasteiger partial charge in [-0.2, -0.15) is 0 Å². The van der Waals surface area contributed by atoms with Gasteiger partial charge in [0, 0.05) is 18.1 Å². The lowest BCUT2D eigenvalue weighted by atomic mass is 10.1. The Balaban J connectivity index is 2.16. The number of carbonyl (C=O) groups is 1. The molecule has 1 atom stereocenters. The Kier molecular flexibility index (Phi) is 4.73. The second kappa shape index (κ2) is 6.94. The third-order valence-electron chi connectivity index (χ3n) is 3.62. The Morgan fingerprint density at radius 3 is 2.75 bits per heavy atom. The monoisotopic (exact) mass is 342 g/mol. The fourth-order valence-electron chi connectivity index (χ4n) is 2.39. The van der Waals surface area contributed by atoms with Crippen LogP contribution in [0.3, 0.4) is 0 Å². The average molecular weight is 342 g/mol. The van der Waals surface area contributed by atoms with Gasteiger partial charge in [0.05, 0.1) is 5.39 Å². The molecule has 3 rings (SSSR count). The highest BCUT2D eigenvalue weighted by atomic mass is 32.1. The van der Waals surface area contributed by atoms with Crippen LogP contribution in [0, 0.1) is 0 Å². The summed E-state index contributed by atoms with van der Waals surface area (Å²) in [4.78, 5) is 21.4. The summed E-state index contributed by atoms with van der Waals surface area (Å²) in [5.41, 5.74) is 7.48. The van der Waals surface area contributed by atoms with E-state index in [-0.39, 0.29) is 0 Å². The minimum Gasteiger partial charge on any atom is -0.377 e. The van der Waals surface area contributed by atoms with E-state index in [2.05, 4.69) is 15.3 Å². The van der Waals surface area contributed by atoms with Gasteiger partial charge in [0.15, 0.2) is 5.82 Å². The number of carbonyl (C=O) groups excluding carboxylic acids is 1. The van der Waals surface area contributed by atoms with Crippen LogP contribution in [-0.2, 0) is 16.1 Å². The Morgan fingerprint density at radius 1 is 1.33 bits per heavy atom. The van der Waals surface area contributed by atoms with Gasteiger partial charge in [0.1, 0.15) is 23.3 Å². The first-order valence-corrected chi connectivity index (χ1v) is 8.36. The van der Waals surface area contributed by atoms with Crippen LogP contribution in [0.4, 0.5) is 5.82 Å². The van der Waals surface area contributed by atoms with Crippen molar-refractivity contribution in [1.82, 2.24) is 9.97 Å². The number of benzene rings is 1. The largest absolute Gasteiger partial charge is 0.377 e. The Bertz CT molecular complexity index is 864. The average Bonchev–Trinajstić information content (AvgIpc) is 3.00. The van der Waals surface area contributed by atoms with E-state index in [1.54, 1.807) is 14.0 Å². The molecule has 0 saturated carbocycles. The summed E-state index contributed by atoms with van der Waals surface area (Å²) in [5, 5.41) is 6.04. The van der Waals surface area contributed by atoms with E-state index >= 15 is 0 Å². The predicted molar refractivity (Wildman–Crippen MR) is 95.8 cm³/mol. The number of methoxy groups -OCH3 is 1. The normalized spacial score (nSPS) is 12.2. The number of nitrogens with zero attached hydrogens (tertiary/aromatic N) is 2. The zero-order valence-corrected chi connectivity index (χ0v) is 14.3. The van der Waals surface area contributed by atoms with Crippen LogP contribution in [0.1, 0.15) is 12.7 Å². The van der Waals surface area contributed by atoms with Crippen molar-refractivity contribution in [2.75, 3.05) is 12.4 Å². The molecule has 7 heteroatoms. The summed E-state index contributed by atoms with van der Waals surface area (Å²) >= 11 is 1.54. The number of hydrogen-bond donors (Lipinski definition) is 2. The van der Waals surface area contributed by atoms with Crippen molar-refractivity contribution in [2.45, 2.75) is 19.6 Å². The number of amides is 1. The molecule has 0 fully saturated rings. The fourth-order valence-corrected chi connectivity index (χ4v) is 3.36. The van der Waals surface area contributed by atoms with Crippen LogP contribution >= 0.6 is 11.3 Å². The van der Waals surface area contributed by atoms with Gasteiger partial charge in [-0.15, -0.1) is 11.3 Å². The van der Waals surface area contributed by atoms with Gasteiger partial charge in [-0.1, -0.05) is 30.3 Å². The molecule has 3 aromatic rings. The number of ether oxygens (including phenoxy) is 1. The molecular weight excluding hydrogens is 324 g/mol. The molecule has 0 aliphatic carbocycles. The number of nitrogens with two attached hydrogens (primary N) is 1. The molecular formula is C17H18N4O2S. The van der Waals surface area contributed by atoms with Gasteiger partial charge in [-0.25, -0.2) is 9.97 Å². The van der Waals surface area contributed by atoms with Gasteiger partial charge in [0.2, 0.25) is 5.91 Å². The van der Waals surface area contributed by atoms with E-state index in [4.69, 9.17) is 10.5 Å². The number of primary amides is 1. The highest BCUT2D eigenvalue weighted by molar-refractivity contribution is 7.17. The van der Waals surface area contributed by atoms with Crippen molar-refractivity contribution >= 4 is 33.3 Å². The van der Waals surface area contributed by atoms with E-state index in [1.807, 2.05) is 35.7 Å². The quantitative estimate of drug-likeness (QED) is 0.719. The van der Waals surface area contributed by atoms with Crippen LogP contribution in [0.25, 0.3) is 21.3 Å². The number of fused-ring (bicyclic) bond motifs is 1. The smallest absolute Gasteiger partial charge is 0.239 e. The van der Waals surface area contributed by atoms with Crippen molar-refractivity contribution < 1.29 is 9.53 Å². The number of anilines is 1. The van der Waals surface area contributed by atoms with Crippen molar-refractivity contribution in [3.8, 4) is 11.1 Å². The van der Waals surface area contributed by atoms with E-state index < -0.39 is 11.9 Å². The number of nitrogens with one attached hydrogen (secondary N) is 1. The van der Waals surface area contributed by atoms with Crippen molar-refractivity contribution in [2.24, 2.45) is 5.73 Å². The highest BCUT2D eigenvalue weighted by Crippen LogP contribution is 2.37. The highest BCUT2D eigenvalue weighted by Gasteiger charge is 2.18. The Hall–Kier alpha value is -2.51. The molecule has 124 valence electrons. The Morgan fingerprint density at radius 2 is 2.08 bits per heavy atom. The van der Waals surface area contributed by atoms with Crippen LogP contribution in [0.2, 0.25) is 0 Å². The fraction of sp³-hybridized carbons (Fsp3) is 0.235. The second-order valence-corrected chi connectivity index (χ2v) is 6.24. The lowest BCUT2D eigenvalue weighted by Gasteiger charge is -2.14. The van der Waals surface area contributed by atoms with E-state index in [0.29, 0.717) is 18.2 Å². The first-order valence-electron chi connectivity index (χ1n) is 7.48. The molecule has 1 aromatic carbocycles. The Labute approximate surface area is 143 Å². The molecule has 0 bridgehead atoms. The molecule has 0 saturated heterocycles. The third-order valence-corrected chi connectivity index (χ3v) is 4.49. The molecule has 0 aliphatic rings. The second-order valence-electron chi connectivity index (χ2n) is 5.39. The van der Waals surface area contributed by atoms with Crippen LogP contribution in [-0.4, -0.2) is 29.0 Å². The van der Waals surface area contributed by atoms with Gasteiger partial charge in [0.25, 0.3) is 0 Å². The summed E-state index contributed by atoms with van der Waals surface area (Å²) in [6.45, 7) is 2.01. The maximum Gasteiger partial charge on any atom is 0.239 e. The predicted octanol–water partition coefficient (Wildman–Crippen LogP) is 2.79. The molecule has 6 nitrogen and oxygen atoms in total. The first-order chi connectivity index (χ1) is 11.6. The lowest BCUT2D eigenvalue weighted by molar-refractivity contribution is -0.118. The molecule has 0 spiro atoms. The van der Waals surface area contributed by atoms with Crippen LogP contribution < -0.4 is 11.1 Å². The molecule has 0 unspecified atom stereocenters. The zero-order chi connectivity index (χ0) is 17.1. The van der Waals surface area contributed by atoms with Gasteiger partial charge in [-0.3, -0.25) is 4.79 Å². The van der Waals surface area contributed by atoms with Crippen molar-refractivity contribution in [3.63, 3.8) is 0 Å². The summed E-state index contributed by atoms with van der Waals surface area (Å²) in [6, 6.07) is 9.47. The topological polar surface area (TPSA) is 90.1 Å².